The predicted molar refractivity (Wildman–Crippen MR) is 130 cm³/mol. The number of anilines is 1. The molecule has 2 aromatic carbocycles. The molecule has 6 nitrogen and oxygen atoms in total. The highest BCUT2D eigenvalue weighted by Gasteiger charge is 2.11. The lowest BCUT2D eigenvalue weighted by molar-refractivity contribution is 0.0950. The van der Waals surface area contributed by atoms with Crippen molar-refractivity contribution in [3.05, 3.63) is 113 Å². The van der Waals surface area contributed by atoms with E-state index in [0.29, 0.717) is 30.8 Å². The van der Waals surface area contributed by atoms with E-state index in [-0.39, 0.29) is 18.3 Å². The van der Waals surface area contributed by atoms with Gasteiger partial charge < -0.3 is 15.7 Å². The minimum atomic E-state index is -0.251. The molecule has 0 atom stereocenters. The molecule has 2 heterocycles. The summed E-state index contributed by atoms with van der Waals surface area (Å²) < 4.78 is 13.4. The molecule has 0 spiro atoms. The smallest absolute Gasteiger partial charge is 0.253 e. The Balaban J connectivity index is 1.46. The molecule has 1 amide bonds. The number of carbonyl (C=O) groups is 1. The van der Waals surface area contributed by atoms with E-state index in [4.69, 9.17) is 0 Å². The van der Waals surface area contributed by atoms with Crippen molar-refractivity contribution in [2.75, 3.05) is 11.9 Å². The lowest BCUT2D eigenvalue weighted by Gasteiger charge is -2.14. The molecular weight excluding hydrogens is 431 g/mol. The second-order valence-corrected chi connectivity index (χ2v) is 7.82. The minimum Gasteiger partial charge on any atom is -0.392 e. The normalized spacial score (nSPS) is 10.6. The lowest BCUT2D eigenvalue weighted by Crippen LogP contribution is -2.22. The van der Waals surface area contributed by atoms with Gasteiger partial charge in [0.2, 0.25) is 0 Å². The number of amides is 1. The predicted octanol–water partition coefficient (Wildman–Crippen LogP) is 4.36. The molecule has 0 saturated carbocycles. The van der Waals surface area contributed by atoms with E-state index in [1.807, 2.05) is 36.4 Å². The van der Waals surface area contributed by atoms with Gasteiger partial charge in [-0.05, 0) is 65.6 Å². The Morgan fingerprint density at radius 2 is 1.82 bits per heavy atom. The van der Waals surface area contributed by atoms with Gasteiger partial charge in [-0.3, -0.25) is 14.8 Å². The number of benzene rings is 2. The van der Waals surface area contributed by atoms with Gasteiger partial charge in [0.15, 0.2) is 0 Å². The molecule has 2 aromatic heterocycles. The molecule has 0 fully saturated rings. The van der Waals surface area contributed by atoms with Crippen LogP contribution in [0.3, 0.4) is 0 Å². The molecule has 7 heteroatoms. The molecule has 172 valence electrons. The first-order chi connectivity index (χ1) is 16.6. The third kappa shape index (κ3) is 6.02. The maximum atomic E-state index is 13.4. The van der Waals surface area contributed by atoms with Crippen molar-refractivity contribution >= 4 is 11.6 Å². The summed E-state index contributed by atoms with van der Waals surface area (Å²) in [6, 6.07) is 19.4. The molecule has 3 N–H and O–H groups in total. The van der Waals surface area contributed by atoms with Crippen LogP contribution in [0.15, 0.2) is 85.3 Å². The number of carbonyl (C=O) groups excluding carboxylic acids is 1. The molecule has 0 saturated heterocycles. The fraction of sp³-hybridized carbons (Fsp3) is 0.148. The van der Waals surface area contributed by atoms with E-state index in [1.165, 1.54) is 18.3 Å². The SMILES string of the molecule is O=C(NCc1cccnc1)c1ccc(-c2cc(CO)ccc2NCCc2cccc(F)c2)nc1. The van der Waals surface area contributed by atoms with Crippen LogP contribution >= 0.6 is 0 Å². The summed E-state index contributed by atoms with van der Waals surface area (Å²) in [6.07, 6.45) is 5.58. The number of nitrogens with one attached hydrogen (secondary N) is 2. The lowest BCUT2D eigenvalue weighted by atomic mass is 10.0. The Labute approximate surface area is 197 Å². The molecule has 0 radical (unpaired) electrons. The maximum absolute atomic E-state index is 13.4. The zero-order valence-corrected chi connectivity index (χ0v) is 18.5. The molecule has 0 bridgehead atoms. The third-order valence-electron chi connectivity index (χ3n) is 5.36. The molecule has 4 rings (SSSR count). The quantitative estimate of drug-likeness (QED) is 0.348. The number of rotatable bonds is 9. The summed E-state index contributed by atoms with van der Waals surface area (Å²) in [5.41, 5.74) is 5.35. The zero-order valence-electron chi connectivity index (χ0n) is 18.5. The van der Waals surface area contributed by atoms with Crippen molar-refractivity contribution in [3.8, 4) is 11.3 Å². The Morgan fingerprint density at radius 1 is 0.941 bits per heavy atom. The number of aromatic nitrogens is 2. The van der Waals surface area contributed by atoms with E-state index < -0.39 is 0 Å². The average Bonchev–Trinajstić information content (AvgIpc) is 2.88. The summed E-state index contributed by atoms with van der Waals surface area (Å²) in [5, 5.41) is 15.8. The number of halogens is 1. The summed E-state index contributed by atoms with van der Waals surface area (Å²) in [7, 11) is 0. The molecule has 4 aromatic rings. The van der Waals surface area contributed by atoms with Crippen molar-refractivity contribution in [1.82, 2.24) is 15.3 Å². The third-order valence-corrected chi connectivity index (χ3v) is 5.36. The number of hydrogen-bond donors (Lipinski definition) is 3. The van der Waals surface area contributed by atoms with Gasteiger partial charge in [-0.1, -0.05) is 24.3 Å². The van der Waals surface area contributed by atoms with Gasteiger partial charge in [0, 0.05) is 42.9 Å². The highest BCUT2D eigenvalue weighted by Crippen LogP contribution is 2.28. The van der Waals surface area contributed by atoms with Crippen LogP contribution in [0.4, 0.5) is 10.1 Å². The van der Waals surface area contributed by atoms with Gasteiger partial charge in [0.1, 0.15) is 5.82 Å². The first kappa shape index (κ1) is 23.1. The minimum absolute atomic E-state index is 0.0919. The van der Waals surface area contributed by atoms with Crippen LogP contribution in [-0.4, -0.2) is 27.5 Å². The number of pyridine rings is 2. The number of aliphatic hydroxyl groups is 1. The van der Waals surface area contributed by atoms with E-state index in [1.54, 1.807) is 30.6 Å². The van der Waals surface area contributed by atoms with Crippen LogP contribution in [0.5, 0.6) is 0 Å². The summed E-state index contributed by atoms with van der Waals surface area (Å²) >= 11 is 0. The van der Waals surface area contributed by atoms with Crippen LogP contribution in [0.2, 0.25) is 0 Å². The van der Waals surface area contributed by atoms with Gasteiger partial charge in [-0.25, -0.2) is 4.39 Å². The summed E-state index contributed by atoms with van der Waals surface area (Å²) in [4.78, 5) is 21.0. The van der Waals surface area contributed by atoms with Gasteiger partial charge >= 0.3 is 0 Å². The van der Waals surface area contributed by atoms with Gasteiger partial charge in [0.25, 0.3) is 5.91 Å². The molecule has 0 aliphatic carbocycles. The Kier molecular flexibility index (Phi) is 7.57. The van der Waals surface area contributed by atoms with Crippen molar-refractivity contribution in [1.29, 1.82) is 0 Å². The van der Waals surface area contributed by atoms with Crippen molar-refractivity contribution in [2.45, 2.75) is 19.6 Å². The standard InChI is InChI=1S/C27H25FN4O2/c28-23-5-1-3-19(13-23)10-12-30-25-8-6-20(18-33)14-24(25)26-9-7-22(17-31-26)27(34)32-16-21-4-2-11-29-15-21/h1-9,11,13-15,17,30,33H,10,12,16,18H2,(H,32,34). The van der Waals surface area contributed by atoms with E-state index in [9.17, 15) is 14.3 Å². The molecule has 0 unspecified atom stereocenters. The van der Waals surface area contributed by atoms with Crippen molar-refractivity contribution in [2.24, 2.45) is 0 Å². The fourth-order valence-corrected chi connectivity index (χ4v) is 3.56. The van der Waals surface area contributed by atoms with Gasteiger partial charge in [-0.15, -0.1) is 0 Å². The van der Waals surface area contributed by atoms with Crippen molar-refractivity contribution in [3.63, 3.8) is 0 Å². The van der Waals surface area contributed by atoms with Gasteiger partial charge in [-0.2, -0.15) is 0 Å². The Bertz CT molecular complexity index is 1250. The highest BCUT2D eigenvalue weighted by atomic mass is 19.1. The largest absolute Gasteiger partial charge is 0.392 e. The number of hydrogen-bond acceptors (Lipinski definition) is 5. The fourth-order valence-electron chi connectivity index (χ4n) is 3.56. The molecule has 0 aliphatic rings. The highest BCUT2D eigenvalue weighted by molar-refractivity contribution is 5.94. The van der Waals surface area contributed by atoms with E-state index in [2.05, 4.69) is 20.6 Å². The molecular formula is C27H25FN4O2. The number of nitrogens with zero attached hydrogens (tertiary/aromatic N) is 2. The average molecular weight is 457 g/mol. The van der Waals surface area contributed by atoms with Crippen LogP contribution < -0.4 is 10.6 Å². The Hall–Kier alpha value is -4.10. The topological polar surface area (TPSA) is 87.1 Å². The summed E-state index contributed by atoms with van der Waals surface area (Å²) in [6.45, 7) is 0.890. The summed E-state index contributed by atoms with van der Waals surface area (Å²) in [5.74, 6) is -0.472. The van der Waals surface area contributed by atoms with Crippen LogP contribution in [-0.2, 0) is 19.6 Å². The van der Waals surface area contributed by atoms with Crippen LogP contribution in [0.1, 0.15) is 27.0 Å². The first-order valence-electron chi connectivity index (χ1n) is 11.0. The maximum Gasteiger partial charge on any atom is 0.253 e. The van der Waals surface area contributed by atoms with Crippen LogP contribution in [0.25, 0.3) is 11.3 Å². The number of aliphatic hydroxyl groups excluding tert-OH is 1. The van der Waals surface area contributed by atoms with E-state index >= 15 is 0 Å². The second-order valence-electron chi connectivity index (χ2n) is 7.82. The van der Waals surface area contributed by atoms with Crippen LogP contribution in [0, 0.1) is 5.82 Å². The zero-order chi connectivity index (χ0) is 23.8. The molecule has 0 aliphatic heterocycles. The monoisotopic (exact) mass is 456 g/mol. The van der Waals surface area contributed by atoms with Gasteiger partial charge in [0.05, 0.1) is 17.9 Å². The first-order valence-corrected chi connectivity index (χ1v) is 11.0. The Morgan fingerprint density at radius 3 is 2.56 bits per heavy atom. The molecule has 34 heavy (non-hydrogen) atoms. The second kappa shape index (κ2) is 11.2. The van der Waals surface area contributed by atoms with Crippen molar-refractivity contribution < 1.29 is 14.3 Å². The van der Waals surface area contributed by atoms with E-state index in [0.717, 1.165) is 27.9 Å².